The summed E-state index contributed by atoms with van der Waals surface area (Å²) < 4.78 is 5.77. The monoisotopic (exact) mass is 504 g/mol. The molecular weight excluding hydrogens is 471 g/mol. The maximum Gasteiger partial charge on any atom is 0.261 e. The summed E-state index contributed by atoms with van der Waals surface area (Å²) in [4.78, 5) is 27.8. The highest BCUT2D eigenvalue weighted by molar-refractivity contribution is 6.35. The fourth-order valence-electron chi connectivity index (χ4n) is 4.16. The number of amides is 2. The molecule has 1 aliphatic carbocycles. The van der Waals surface area contributed by atoms with Crippen molar-refractivity contribution in [3.8, 4) is 5.75 Å². The van der Waals surface area contributed by atoms with Crippen molar-refractivity contribution in [1.82, 2.24) is 10.2 Å². The zero-order valence-corrected chi connectivity index (χ0v) is 21.7. The molecule has 0 heterocycles. The standard InChI is InChI=1S/C27H34Cl2N2O3/c1-18(2)20-10-13-24(14-11-20)34-17-26(32)31(16-21-9-12-22(28)15-25(21)29)19(3)27(33)30-23-7-5-4-6-8-23/h9-15,18-19,23H,4-8,16-17H2,1-3H3,(H,30,33). The first-order chi connectivity index (χ1) is 16.2. The van der Waals surface area contributed by atoms with Crippen LogP contribution in [-0.4, -0.2) is 35.4 Å². The fourth-order valence-corrected chi connectivity index (χ4v) is 4.63. The number of ether oxygens (including phenoxy) is 1. The van der Waals surface area contributed by atoms with Crippen molar-refractivity contribution in [2.24, 2.45) is 0 Å². The Bertz CT molecular complexity index is 972. The zero-order chi connectivity index (χ0) is 24.7. The van der Waals surface area contributed by atoms with E-state index in [1.54, 1.807) is 25.1 Å². The van der Waals surface area contributed by atoms with Crippen LogP contribution in [0.25, 0.3) is 0 Å². The number of carbonyl (C=O) groups excluding carboxylic acids is 2. The number of hydrogen-bond donors (Lipinski definition) is 1. The lowest BCUT2D eigenvalue weighted by atomic mass is 9.95. The van der Waals surface area contributed by atoms with Gasteiger partial charge in [-0.25, -0.2) is 0 Å². The van der Waals surface area contributed by atoms with Gasteiger partial charge in [0, 0.05) is 22.6 Å². The lowest BCUT2D eigenvalue weighted by Gasteiger charge is -2.31. The van der Waals surface area contributed by atoms with E-state index in [4.69, 9.17) is 27.9 Å². The van der Waals surface area contributed by atoms with Crippen molar-refractivity contribution in [1.29, 1.82) is 0 Å². The van der Waals surface area contributed by atoms with Gasteiger partial charge in [-0.15, -0.1) is 0 Å². The average molecular weight is 505 g/mol. The summed E-state index contributed by atoms with van der Waals surface area (Å²) in [5.74, 6) is 0.581. The van der Waals surface area contributed by atoms with Crippen LogP contribution in [-0.2, 0) is 16.1 Å². The first kappa shape index (κ1) is 26.4. The molecule has 1 aliphatic rings. The molecule has 2 amide bonds. The molecule has 0 aromatic heterocycles. The Morgan fingerprint density at radius 3 is 2.32 bits per heavy atom. The highest BCUT2D eigenvalue weighted by atomic mass is 35.5. The molecule has 5 nitrogen and oxygen atoms in total. The van der Waals surface area contributed by atoms with E-state index in [0.29, 0.717) is 21.7 Å². The summed E-state index contributed by atoms with van der Waals surface area (Å²) in [6.45, 7) is 6.01. The molecule has 3 rings (SSSR count). The summed E-state index contributed by atoms with van der Waals surface area (Å²) in [7, 11) is 0. The van der Waals surface area contributed by atoms with Gasteiger partial charge in [0.2, 0.25) is 5.91 Å². The molecule has 34 heavy (non-hydrogen) atoms. The van der Waals surface area contributed by atoms with Crippen LogP contribution in [0.15, 0.2) is 42.5 Å². The van der Waals surface area contributed by atoms with Gasteiger partial charge in [-0.05, 0) is 61.1 Å². The molecule has 0 bridgehead atoms. The number of nitrogens with one attached hydrogen (secondary N) is 1. The van der Waals surface area contributed by atoms with Crippen LogP contribution in [0.4, 0.5) is 0 Å². The van der Waals surface area contributed by atoms with Gasteiger partial charge in [0.1, 0.15) is 11.8 Å². The first-order valence-corrected chi connectivity index (χ1v) is 12.8. The Morgan fingerprint density at radius 1 is 1.03 bits per heavy atom. The highest BCUT2D eigenvalue weighted by Crippen LogP contribution is 2.24. The Hall–Kier alpha value is -2.24. The second kappa shape index (κ2) is 12.5. The van der Waals surface area contributed by atoms with E-state index in [2.05, 4.69) is 19.2 Å². The third kappa shape index (κ3) is 7.38. The minimum Gasteiger partial charge on any atom is -0.484 e. The molecule has 2 aromatic carbocycles. The molecule has 1 atom stereocenters. The van der Waals surface area contributed by atoms with E-state index in [1.807, 2.05) is 24.3 Å². The molecule has 7 heteroatoms. The molecule has 184 valence electrons. The molecule has 0 aliphatic heterocycles. The second-order valence-electron chi connectivity index (χ2n) is 9.29. The minimum absolute atomic E-state index is 0.161. The predicted molar refractivity (Wildman–Crippen MR) is 138 cm³/mol. The van der Waals surface area contributed by atoms with Crippen molar-refractivity contribution in [3.63, 3.8) is 0 Å². The third-order valence-electron chi connectivity index (χ3n) is 6.38. The smallest absolute Gasteiger partial charge is 0.261 e. The van der Waals surface area contributed by atoms with Gasteiger partial charge in [0.15, 0.2) is 6.61 Å². The van der Waals surface area contributed by atoms with Crippen LogP contribution >= 0.6 is 23.2 Å². The molecule has 1 N–H and O–H groups in total. The summed E-state index contributed by atoms with van der Waals surface area (Å²) in [5.41, 5.74) is 1.92. The Morgan fingerprint density at radius 2 is 1.71 bits per heavy atom. The topological polar surface area (TPSA) is 58.6 Å². The minimum atomic E-state index is -0.673. The maximum absolute atomic E-state index is 13.3. The highest BCUT2D eigenvalue weighted by Gasteiger charge is 2.29. The van der Waals surface area contributed by atoms with Crippen molar-refractivity contribution in [2.45, 2.75) is 77.4 Å². The van der Waals surface area contributed by atoms with E-state index >= 15 is 0 Å². The third-order valence-corrected chi connectivity index (χ3v) is 6.97. The largest absolute Gasteiger partial charge is 0.484 e. The van der Waals surface area contributed by atoms with Gasteiger partial charge in [-0.3, -0.25) is 9.59 Å². The maximum atomic E-state index is 13.3. The number of carbonyl (C=O) groups is 2. The lowest BCUT2D eigenvalue weighted by molar-refractivity contribution is -0.142. The van der Waals surface area contributed by atoms with Crippen molar-refractivity contribution >= 4 is 35.0 Å². The SMILES string of the molecule is CC(C)c1ccc(OCC(=O)N(Cc2ccc(Cl)cc2Cl)C(C)C(=O)NC2CCCCC2)cc1. The molecule has 1 saturated carbocycles. The van der Waals surface area contributed by atoms with Gasteiger partial charge in [-0.2, -0.15) is 0 Å². The van der Waals surface area contributed by atoms with Gasteiger partial charge >= 0.3 is 0 Å². The van der Waals surface area contributed by atoms with Crippen LogP contribution in [0.3, 0.4) is 0 Å². The normalized spacial score (nSPS) is 15.1. The summed E-state index contributed by atoms with van der Waals surface area (Å²) in [5, 5.41) is 4.10. The number of hydrogen-bond acceptors (Lipinski definition) is 3. The van der Waals surface area contributed by atoms with Crippen LogP contribution < -0.4 is 10.1 Å². The molecule has 0 radical (unpaired) electrons. The number of nitrogens with zero attached hydrogens (tertiary/aromatic N) is 1. The quantitative estimate of drug-likeness (QED) is 0.431. The van der Waals surface area contributed by atoms with Crippen LogP contribution in [0.2, 0.25) is 10.0 Å². The predicted octanol–water partition coefficient (Wildman–Crippen LogP) is 6.36. The lowest BCUT2D eigenvalue weighted by Crippen LogP contribution is -2.51. The molecule has 0 spiro atoms. The summed E-state index contributed by atoms with van der Waals surface area (Å²) in [6.07, 6.45) is 5.39. The number of rotatable bonds is 9. The Labute approximate surface area is 212 Å². The van der Waals surface area contributed by atoms with E-state index < -0.39 is 6.04 Å². The molecule has 2 aromatic rings. The summed E-state index contributed by atoms with van der Waals surface area (Å²) in [6, 6.07) is 12.4. The number of halogens is 2. The van der Waals surface area contributed by atoms with Crippen molar-refractivity contribution in [2.75, 3.05) is 6.61 Å². The Balaban J connectivity index is 1.72. The van der Waals surface area contributed by atoms with E-state index in [9.17, 15) is 9.59 Å². The second-order valence-corrected chi connectivity index (χ2v) is 10.1. The van der Waals surface area contributed by atoms with Gasteiger partial charge in [0.25, 0.3) is 5.91 Å². The molecule has 1 unspecified atom stereocenters. The van der Waals surface area contributed by atoms with Crippen LogP contribution in [0, 0.1) is 0 Å². The molecule has 0 saturated heterocycles. The van der Waals surface area contributed by atoms with Gasteiger partial charge in [-0.1, -0.05) is 74.5 Å². The van der Waals surface area contributed by atoms with Crippen LogP contribution in [0.5, 0.6) is 5.75 Å². The average Bonchev–Trinajstić information content (AvgIpc) is 2.82. The van der Waals surface area contributed by atoms with Crippen LogP contribution in [0.1, 0.15) is 69.9 Å². The van der Waals surface area contributed by atoms with Gasteiger partial charge in [0.05, 0.1) is 0 Å². The number of benzene rings is 2. The van der Waals surface area contributed by atoms with Crippen molar-refractivity contribution < 1.29 is 14.3 Å². The fraction of sp³-hybridized carbons (Fsp3) is 0.481. The van der Waals surface area contributed by atoms with E-state index in [-0.39, 0.29) is 31.0 Å². The van der Waals surface area contributed by atoms with E-state index in [1.165, 1.54) is 16.9 Å². The zero-order valence-electron chi connectivity index (χ0n) is 20.2. The molecule has 1 fully saturated rings. The van der Waals surface area contributed by atoms with Gasteiger partial charge < -0.3 is 15.0 Å². The summed E-state index contributed by atoms with van der Waals surface area (Å²) >= 11 is 12.4. The van der Waals surface area contributed by atoms with E-state index in [0.717, 1.165) is 31.2 Å². The van der Waals surface area contributed by atoms with Crippen molar-refractivity contribution in [3.05, 3.63) is 63.6 Å². The Kier molecular flexibility index (Phi) is 9.66. The molecular formula is C27H34Cl2N2O3. The first-order valence-electron chi connectivity index (χ1n) is 12.0.